The van der Waals surface area contributed by atoms with Gasteiger partial charge in [-0.05, 0) is 5.56 Å². The SMILES string of the molecule is CC(=O)O[C@H](N)Cc1ccccc1. The lowest BCUT2D eigenvalue weighted by Gasteiger charge is -2.10. The molecule has 2 N–H and O–H groups in total. The zero-order valence-corrected chi connectivity index (χ0v) is 7.57. The van der Waals surface area contributed by atoms with Gasteiger partial charge in [-0.2, -0.15) is 0 Å². The number of ether oxygens (including phenoxy) is 1. The molecule has 1 atom stereocenters. The molecule has 3 heteroatoms. The number of benzene rings is 1. The topological polar surface area (TPSA) is 52.3 Å². The highest BCUT2D eigenvalue weighted by Crippen LogP contribution is 2.02. The molecule has 0 fully saturated rings. The number of carbonyl (C=O) groups is 1. The van der Waals surface area contributed by atoms with Crippen molar-refractivity contribution in [2.24, 2.45) is 5.73 Å². The molecule has 1 rings (SSSR count). The zero-order chi connectivity index (χ0) is 9.68. The minimum absolute atomic E-state index is 0.344. The monoisotopic (exact) mass is 179 g/mol. The van der Waals surface area contributed by atoms with Gasteiger partial charge in [-0.25, -0.2) is 0 Å². The second-order valence-electron chi connectivity index (χ2n) is 2.84. The van der Waals surface area contributed by atoms with Crippen LogP contribution in [0.2, 0.25) is 0 Å². The maximum absolute atomic E-state index is 10.5. The maximum Gasteiger partial charge on any atom is 0.304 e. The van der Waals surface area contributed by atoms with Crippen LogP contribution in [0.5, 0.6) is 0 Å². The van der Waals surface area contributed by atoms with Crippen LogP contribution in [-0.2, 0) is 16.0 Å². The van der Waals surface area contributed by atoms with Crippen molar-refractivity contribution in [3.05, 3.63) is 35.9 Å². The van der Waals surface area contributed by atoms with Crippen molar-refractivity contribution in [1.82, 2.24) is 0 Å². The molecule has 0 spiro atoms. The second-order valence-corrected chi connectivity index (χ2v) is 2.84. The Morgan fingerprint density at radius 2 is 2.08 bits per heavy atom. The fraction of sp³-hybridized carbons (Fsp3) is 0.300. The Bertz CT molecular complexity index is 272. The molecule has 0 saturated heterocycles. The molecule has 0 unspecified atom stereocenters. The van der Waals surface area contributed by atoms with Crippen molar-refractivity contribution in [2.75, 3.05) is 0 Å². The quantitative estimate of drug-likeness (QED) is 0.558. The molecule has 13 heavy (non-hydrogen) atoms. The fourth-order valence-electron chi connectivity index (χ4n) is 1.10. The number of hydrogen-bond acceptors (Lipinski definition) is 3. The average molecular weight is 179 g/mol. The molecule has 3 nitrogen and oxygen atoms in total. The van der Waals surface area contributed by atoms with Gasteiger partial charge in [-0.1, -0.05) is 30.3 Å². The largest absolute Gasteiger partial charge is 0.447 e. The van der Waals surface area contributed by atoms with E-state index in [1.165, 1.54) is 6.92 Å². The minimum atomic E-state index is -0.542. The van der Waals surface area contributed by atoms with Crippen LogP contribution >= 0.6 is 0 Å². The third-order valence-corrected chi connectivity index (χ3v) is 1.60. The molecular formula is C10H13NO2. The molecule has 70 valence electrons. The van der Waals surface area contributed by atoms with E-state index >= 15 is 0 Å². The van der Waals surface area contributed by atoms with Crippen LogP contribution in [0, 0.1) is 0 Å². The van der Waals surface area contributed by atoms with Gasteiger partial charge >= 0.3 is 5.97 Å². The molecular weight excluding hydrogens is 166 g/mol. The van der Waals surface area contributed by atoms with Crippen LogP contribution in [0.4, 0.5) is 0 Å². The minimum Gasteiger partial charge on any atom is -0.447 e. The van der Waals surface area contributed by atoms with Crippen molar-refractivity contribution in [3.8, 4) is 0 Å². The van der Waals surface area contributed by atoms with E-state index in [0.29, 0.717) is 6.42 Å². The van der Waals surface area contributed by atoms with Gasteiger partial charge in [-0.15, -0.1) is 0 Å². The molecule has 1 aromatic rings. The van der Waals surface area contributed by atoms with Crippen LogP contribution < -0.4 is 5.73 Å². The lowest BCUT2D eigenvalue weighted by molar-refractivity contribution is -0.145. The highest BCUT2D eigenvalue weighted by atomic mass is 16.5. The summed E-state index contributed by atoms with van der Waals surface area (Å²) in [5.74, 6) is -0.344. The Morgan fingerprint density at radius 1 is 1.46 bits per heavy atom. The summed E-state index contributed by atoms with van der Waals surface area (Å²) in [6.45, 7) is 1.35. The summed E-state index contributed by atoms with van der Waals surface area (Å²) < 4.78 is 4.79. The summed E-state index contributed by atoms with van der Waals surface area (Å²) in [7, 11) is 0. The number of rotatable bonds is 3. The molecule has 0 bridgehead atoms. The summed E-state index contributed by atoms with van der Waals surface area (Å²) in [6, 6.07) is 9.68. The van der Waals surface area contributed by atoms with Gasteiger partial charge in [-0.3, -0.25) is 10.5 Å². The summed E-state index contributed by atoms with van der Waals surface area (Å²) in [4.78, 5) is 10.5. The van der Waals surface area contributed by atoms with E-state index in [1.807, 2.05) is 30.3 Å². The van der Waals surface area contributed by atoms with Crippen molar-refractivity contribution in [1.29, 1.82) is 0 Å². The lowest BCUT2D eigenvalue weighted by Crippen LogP contribution is -2.28. The Morgan fingerprint density at radius 3 is 2.62 bits per heavy atom. The van der Waals surface area contributed by atoms with E-state index in [2.05, 4.69) is 0 Å². The van der Waals surface area contributed by atoms with Gasteiger partial charge < -0.3 is 4.74 Å². The van der Waals surface area contributed by atoms with Gasteiger partial charge in [0.25, 0.3) is 0 Å². The Hall–Kier alpha value is -1.35. The van der Waals surface area contributed by atoms with Crippen LogP contribution in [-0.4, -0.2) is 12.2 Å². The van der Waals surface area contributed by atoms with Crippen LogP contribution in [0.25, 0.3) is 0 Å². The standard InChI is InChI=1S/C10H13NO2/c1-8(12)13-10(11)7-9-5-3-2-4-6-9/h2-6,10H,7,11H2,1H3/t10-/m0/s1. The Balaban J connectivity index is 2.45. The van der Waals surface area contributed by atoms with E-state index in [1.54, 1.807) is 0 Å². The van der Waals surface area contributed by atoms with Gasteiger partial charge in [0.15, 0.2) is 6.23 Å². The average Bonchev–Trinajstić information content (AvgIpc) is 2.04. The molecule has 0 heterocycles. The van der Waals surface area contributed by atoms with Crippen molar-refractivity contribution >= 4 is 5.97 Å². The summed E-state index contributed by atoms with van der Waals surface area (Å²) in [6.07, 6.45) is 0.0142. The first-order valence-electron chi connectivity index (χ1n) is 4.15. The normalized spacial score (nSPS) is 12.2. The molecule has 0 aliphatic carbocycles. The highest BCUT2D eigenvalue weighted by molar-refractivity contribution is 5.66. The number of nitrogens with two attached hydrogens (primary N) is 1. The first-order valence-corrected chi connectivity index (χ1v) is 4.15. The predicted molar refractivity (Wildman–Crippen MR) is 49.9 cm³/mol. The maximum atomic E-state index is 10.5. The Labute approximate surface area is 77.5 Å². The third-order valence-electron chi connectivity index (χ3n) is 1.60. The van der Waals surface area contributed by atoms with E-state index in [9.17, 15) is 4.79 Å². The zero-order valence-electron chi connectivity index (χ0n) is 7.57. The number of esters is 1. The molecule has 1 aromatic carbocycles. The van der Waals surface area contributed by atoms with Gasteiger partial charge in [0.2, 0.25) is 0 Å². The molecule has 0 aliphatic rings. The van der Waals surface area contributed by atoms with E-state index in [4.69, 9.17) is 10.5 Å². The lowest BCUT2D eigenvalue weighted by atomic mass is 10.1. The molecule has 0 aliphatic heterocycles. The molecule has 0 radical (unpaired) electrons. The molecule has 0 aromatic heterocycles. The van der Waals surface area contributed by atoms with E-state index in [0.717, 1.165) is 5.56 Å². The van der Waals surface area contributed by atoms with Gasteiger partial charge in [0.1, 0.15) is 0 Å². The van der Waals surface area contributed by atoms with Crippen molar-refractivity contribution in [3.63, 3.8) is 0 Å². The number of carbonyl (C=O) groups excluding carboxylic acids is 1. The van der Waals surface area contributed by atoms with Crippen LogP contribution in [0.15, 0.2) is 30.3 Å². The second kappa shape index (κ2) is 4.62. The van der Waals surface area contributed by atoms with E-state index in [-0.39, 0.29) is 5.97 Å². The van der Waals surface area contributed by atoms with Crippen LogP contribution in [0.1, 0.15) is 12.5 Å². The smallest absolute Gasteiger partial charge is 0.304 e. The highest BCUT2D eigenvalue weighted by Gasteiger charge is 2.05. The van der Waals surface area contributed by atoms with Crippen molar-refractivity contribution < 1.29 is 9.53 Å². The summed E-state index contributed by atoms with van der Waals surface area (Å²) >= 11 is 0. The molecule has 0 saturated carbocycles. The first-order chi connectivity index (χ1) is 6.18. The van der Waals surface area contributed by atoms with Gasteiger partial charge in [0, 0.05) is 13.3 Å². The number of hydrogen-bond donors (Lipinski definition) is 1. The van der Waals surface area contributed by atoms with Gasteiger partial charge in [0.05, 0.1) is 0 Å². The molecule has 0 amide bonds. The van der Waals surface area contributed by atoms with Crippen molar-refractivity contribution in [2.45, 2.75) is 19.6 Å². The summed E-state index contributed by atoms with van der Waals surface area (Å²) in [5, 5.41) is 0. The predicted octanol–water partition coefficient (Wildman–Crippen LogP) is 1.08. The third kappa shape index (κ3) is 3.71. The van der Waals surface area contributed by atoms with Crippen LogP contribution in [0.3, 0.4) is 0 Å². The fourth-order valence-corrected chi connectivity index (χ4v) is 1.10. The summed E-state index contributed by atoms with van der Waals surface area (Å²) in [5.41, 5.74) is 6.63. The first kappa shape index (κ1) is 9.74. The van der Waals surface area contributed by atoms with E-state index < -0.39 is 6.23 Å². The Kier molecular flexibility index (Phi) is 3.46.